The highest BCUT2D eigenvalue weighted by molar-refractivity contribution is 9.11. The van der Waals surface area contributed by atoms with Crippen LogP contribution in [-0.4, -0.2) is 5.78 Å². The van der Waals surface area contributed by atoms with Gasteiger partial charge in [-0.2, -0.15) is 0 Å². The van der Waals surface area contributed by atoms with Crippen LogP contribution in [0.1, 0.15) is 15.9 Å². The monoisotopic (exact) mass is 374 g/mol. The maximum absolute atomic E-state index is 13.5. The summed E-state index contributed by atoms with van der Waals surface area (Å²) in [4.78, 5) is 12.1. The Morgan fingerprint density at radius 2 is 1.61 bits per heavy atom. The molecule has 0 saturated heterocycles. The van der Waals surface area contributed by atoms with Gasteiger partial charge in [0, 0.05) is 20.6 Å². The normalized spacial score (nSPS) is 10.4. The molecule has 0 bridgehead atoms. The lowest BCUT2D eigenvalue weighted by molar-refractivity contribution is 0.103. The molecule has 0 fully saturated rings. The van der Waals surface area contributed by atoms with Crippen molar-refractivity contribution < 1.29 is 13.6 Å². The van der Waals surface area contributed by atoms with Crippen LogP contribution >= 0.6 is 31.9 Å². The van der Waals surface area contributed by atoms with Crippen molar-refractivity contribution in [1.29, 1.82) is 0 Å². The van der Waals surface area contributed by atoms with Gasteiger partial charge < -0.3 is 0 Å². The zero-order valence-electron chi connectivity index (χ0n) is 8.88. The van der Waals surface area contributed by atoms with Crippen molar-refractivity contribution >= 4 is 37.6 Å². The van der Waals surface area contributed by atoms with Gasteiger partial charge in [0.25, 0.3) is 0 Å². The zero-order valence-corrected chi connectivity index (χ0v) is 12.1. The smallest absolute Gasteiger partial charge is 0.197 e. The average molecular weight is 376 g/mol. The van der Waals surface area contributed by atoms with Crippen molar-refractivity contribution in [1.82, 2.24) is 0 Å². The Bertz CT molecular complexity index is 573. The first-order chi connectivity index (χ1) is 8.49. The third kappa shape index (κ3) is 2.67. The molecular formula is C13H6Br2F2O. The molecule has 0 heterocycles. The maximum atomic E-state index is 13.5. The van der Waals surface area contributed by atoms with Crippen LogP contribution in [0.25, 0.3) is 0 Å². The molecule has 0 spiro atoms. The summed E-state index contributed by atoms with van der Waals surface area (Å²) in [6.45, 7) is 0. The maximum Gasteiger partial charge on any atom is 0.197 e. The average Bonchev–Trinajstić information content (AvgIpc) is 2.28. The van der Waals surface area contributed by atoms with Crippen molar-refractivity contribution in [3.05, 3.63) is 68.1 Å². The van der Waals surface area contributed by atoms with Gasteiger partial charge in [0.05, 0.1) is 5.56 Å². The molecule has 0 atom stereocenters. The number of carbonyl (C=O) groups is 1. The van der Waals surface area contributed by atoms with E-state index in [0.717, 1.165) is 16.6 Å². The summed E-state index contributed by atoms with van der Waals surface area (Å²) >= 11 is 6.50. The third-order valence-electron chi connectivity index (χ3n) is 2.35. The molecule has 1 nitrogen and oxygen atoms in total. The van der Waals surface area contributed by atoms with Crippen LogP contribution in [0.15, 0.2) is 45.3 Å². The van der Waals surface area contributed by atoms with Gasteiger partial charge in [0.1, 0.15) is 11.6 Å². The molecule has 0 radical (unpaired) electrons. The van der Waals surface area contributed by atoms with E-state index in [-0.39, 0.29) is 5.56 Å². The molecule has 2 aromatic carbocycles. The zero-order chi connectivity index (χ0) is 13.3. The van der Waals surface area contributed by atoms with Gasteiger partial charge in [0.2, 0.25) is 0 Å². The van der Waals surface area contributed by atoms with E-state index in [1.54, 1.807) is 18.2 Å². The Morgan fingerprint density at radius 3 is 2.22 bits per heavy atom. The molecule has 5 heteroatoms. The largest absolute Gasteiger partial charge is 0.288 e. The summed E-state index contributed by atoms with van der Waals surface area (Å²) in [5.74, 6) is -2.07. The minimum absolute atomic E-state index is 0.153. The Kier molecular flexibility index (Phi) is 3.92. The highest BCUT2D eigenvalue weighted by Gasteiger charge is 2.17. The number of hydrogen-bond acceptors (Lipinski definition) is 1. The van der Waals surface area contributed by atoms with E-state index >= 15 is 0 Å². The Morgan fingerprint density at radius 1 is 0.944 bits per heavy atom. The van der Waals surface area contributed by atoms with Crippen LogP contribution in [-0.2, 0) is 0 Å². The van der Waals surface area contributed by atoms with Crippen LogP contribution in [0.3, 0.4) is 0 Å². The quantitative estimate of drug-likeness (QED) is 0.694. The molecule has 92 valence electrons. The van der Waals surface area contributed by atoms with Gasteiger partial charge in [-0.3, -0.25) is 4.79 Å². The Labute approximate surface area is 119 Å². The Balaban J connectivity index is 2.48. The standard InChI is InChI=1S/C13H6Br2F2O/c14-7-1-3-9(11(15)5-7)13(18)10-4-2-8(16)6-12(10)17/h1-6H. The molecule has 2 aromatic rings. The summed E-state index contributed by atoms with van der Waals surface area (Å²) in [7, 11) is 0. The third-order valence-corrected chi connectivity index (χ3v) is 3.50. The van der Waals surface area contributed by atoms with E-state index in [9.17, 15) is 13.6 Å². The molecule has 0 amide bonds. The van der Waals surface area contributed by atoms with Crippen LogP contribution in [0.4, 0.5) is 8.78 Å². The number of carbonyl (C=O) groups excluding carboxylic acids is 1. The second kappa shape index (κ2) is 5.28. The van der Waals surface area contributed by atoms with Crippen molar-refractivity contribution in [2.24, 2.45) is 0 Å². The summed E-state index contributed by atoms with van der Waals surface area (Å²) in [5, 5.41) is 0. The van der Waals surface area contributed by atoms with Gasteiger partial charge in [-0.25, -0.2) is 8.78 Å². The number of hydrogen-bond donors (Lipinski definition) is 0. The number of benzene rings is 2. The van der Waals surface area contributed by atoms with Gasteiger partial charge in [0.15, 0.2) is 5.78 Å². The number of rotatable bonds is 2. The highest BCUT2D eigenvalue weighted by Crippen LogP contribution is 2.25. The first kappa shape index (κ1) is 13.4. The molecule has 0 N–H and O–H groups in total. The number of ketones is 1. The van der Waals surface area contributed by atoms with Crippen LogP contribution in [0, 0.1) is 11.6 Å². The second-order valence-electron chi connectivity index (χ2n) is 3.58. The molecule has 0 aliphatic rings. The van der Waals surface area contributed by atoms with E-state index in [4.69, 9.17) is 0 Å². The summed E-state index contributed by atoms with van der Waals surface area (Å²) in [6.07, 6.45) is 0. The van der Waals surface area contributed by atoms with E-state index in [1.807, 2.05) is 0 Å². The molecule has 0 aliphatic carbocycles. The van der Waals surface area contributed by atoms with Crippen LogP contribution in [0.2, 0.25) is 0 Å². The van der Waals surface area contributed by atoms with Gasteiger partial charge >= 0.3 is 0 Å². The van der Waals surface area contributed by atoms with Crippen molar-refractivity contribution in [2.75, 3.05) is 0 Å². The molecule has 0 aliphatic heterocycles. The summed E-state index contributed by atoms with van der Waals surface area (Å²) in [5.41, 5.74) is 0.170. The summed E-state index contributed by atoms with van der Waals surface area (Å²) < 4.78 is 27.6. The van der Waals surface area contributed by atoms with Gasteiger partial charge in [-0.05, 0) is 46.3 Å². The van der Waals surface area contributed by atoms with Crippen LogP contribution < -0.4 is 0 Å². The molecule has 0 saturated carbocycles. The van der Waals surface area contributed by atoms with E-state index in [2.05, 4.69) is 31.9 Å². The minimum atomic E-state index is -0.866. The second-order valence-corrected chi connectivity index (χ2v) is 5.35. The first-order valence-electron chi connectivity index (χ1n) is 4.94. The SMILES string of the molecule is O=C(c1ccc(F)cc1F)c1ccc(Br)cc1Br. The van der Waals surface area contributed by atoms with E-state index in [0.29, 0.717) is 16.1 Å². The Hall–Kier alpha value is -1.07. The van der Waals surface area contributed by atoms with Crippen molar-refractivity contribution in [3.8, 4) is 0 Å². The fourth-order valence-electron chi connectivity index (χ4n) is 1.49. The fourth-order valence-corrected chi connectivity index (χ4v) is 2.72. The topological polar surface area (TPSA) is 17.1 Å². The highest BCUT2D eigenvalue weighted by atomic mass is 79.9. The fraction of sp³-hybridized carbons (Fsp3) is 0. The first-order valence-corrected chi connectivity index (χ1v) is 6.52. The lowest BCUT2D eigenvalue weighted by Gasteiger charge is -2.05. The number of halogens is 4. The molecular weight excluding hydrogens is 370 g/mol. The predicted molar refractivity (Wildman–Crippen MR) is 71.6 cm³/mol. The summed E-state index contributed by atoms with van der Waals surface area (Å²) in [6, 6.07) is 7.83. The predicted octanol–water partition coefficient (Wildman–Crippen LogP) is 4.72. The van der Waals surface area contributed by atoms with Crippen molar-refractivity contribution in [3.63, 3.8) is 0 Å². The minimum Gasteiger partial charge on any atom is -0.288 e. The lowest BCUT2D eigenvalue weighted by atomic mass is 10.0. The molecule has 2 rings (SSSR count). The van der Waals surface area contributed by atoms with Gasteiger partial charge in [-0.15, -0.1) is 0 Å². The van der Waals surface area contributed by atoms with Gasteiger partial charge in [-0.1, -0.05) is 15.9 Å². The molecule has 0 aromatic heterocycles. The lowest BCUT2D eigenvalue weighted by Crippen LogP contribution is -2.05. The van der Waals surface area contributed by atoms with Crippen molar-refractivity contribution in [2.45, 2.75) is 0 Å². The van der Waals surface area contributed by atoms with Crippen LogP contribution in [0.5, 0.6) is 0 Å². The molecule has 0 unspecified atom stereocenters. The van der Waals surface area contributed by atoms with E-state index in [1.165, 1.54) is 0 Å². The van der Waals surface area contributed by atoms with E-state index < -0.39 is 17.4 Å². The molecule has 18 heavy (non-hydrogen) atoms.